The van der Waals surface area contributed by atoms with Crippen LogP contribution in [0.25, 0.3) is 6.08 Å². The summed E-state index contributed by atoms with van der Waals surface area (Å²) in [6, 6.07) is 13.1. The van der Waals surface area contributed by atoms with Crippen molar-refractivity contribution in [3.05, 3.63) is 97.4 Å². The monoisotopic (exact) mass is 564 g/mol. The van der Waals surface area contributed by atoms with Crippen molar-refractivity contribution in [1.82, 2.24) is 4.90 Å². The number of hydrogen-bond acceptors (Lipinski definition) is 7. The molecule has 1 saturated heterocycles. The van der Waals surface area contributed by atoms with Gasteiger partial charge in [-0.25, -0.2) is 0 Å². The highest BCUT2D eigenvalue weighted by Gasteiger charge is 2.36. The number of carbonyl (C=O) groups is 2. The molecule has 4 rings (SSSR count). The second-order valence-corrected chi connectivity index (χ2v) is 9.21. The Balaban J connectivity index is 1.58. The molecule has 3 aromatic rings. The van der Waals surface area contributed by atoms with Gasteiger partial charge in [-0.05, 0) is 59.3 Å². The van der Waals surface area contributed by atoms with Crippen LogP contribution in [0.4, 0.5) is 23.7 Å². The molecule has 0 bridgehead atoms. The number of amides is 2. The molecule has 0 N–H and O–H groups in total. The zero-order valence-corrected chi connectivity index (χ0v) is 20.9. The maximum atomic E-state index is 13.0. The van der Waals surface area contributed by atoms with E-state index in [0.29, 0.717) is 28.3 Å². The molecule has 1 fully saturated rings. The summed E-state index contributed by atoms with van der Waals surface area (Å²) in [6.45, 7) is 0.00366. The van der Waals surface area contributed by atoms with E-state index >= 15 is 0 Å². The summed E-state index contributed by atoms with van der Waals surface area (Å²) < 4.78 is 49.7. The lowest BCUT2D eigenvalue weighted by Gasteiger charge is -2.13. The van der Waals surface area contributed by atoms with Gasteiger partial charge in [0, 0.05) is 11.1 Å². The van der Waals surface area contributed by atoms with Crippen molar-refractivity contribution in [2.45, 2.75) is 12.7 Å². The second kappa shape index (κ2) is 10.8. The van der Waals surface area contributed by atoms with Crippen LogP contribution < -0.4 is 9.47 Å². The summed E-state index contributed by atoms with van der Waals surface area (Å²) >= 11 is 6.89. The first kappa shape index (κ1) is 27.0. The first-order valence-corrected chi connectivity index (χ1v) is 11.9. The Bertz CT molecular complexity index is 1480. The first-order chi connectivity index (χ1) is 18.0. The van der Waals surface area contributed by atoms with Crippen molar-refractivity contribution in [2.75, 3.05) is 7.11 Å². The van der Waals surface area contributed by atoms with Crippen LogP contribution in [-0.2, 0) is 17.5 Å². The lowest BCUT2D eigenvalue weighted by molar-refractivity contribution is -0.385. The van der Waals surface area contributed by atoms with Gasteiger partial charge in [-0.3, -0.25) is 24.6 Å². The molecule has 1 aliphatic rings. The van der Waals surface area contributed by atoms with Crippen LogP contribution in [0.1, 0.15) is 16.7 Å². The number of ether oxygens (including phenoxy) is 2. The van der Waals surface area contributed by atoms with E-state index in [1.165, 1.54) is 31.4 Å². The Labute approximate surface area is 222 Å². The van der Waals surface area contributed by atoms with E-state index in [1.54, 1.807) is 24.3 Å². The van der Waals surface area contributed by atoms with Crippen molar-refractivity contribution < 1.29 is 37.2 Å². The predicted molar refractivity (Wildman–Crippen MR) is 134 cm³/mol. The van der Waals surface area contributed by atoms with Crippen molar-refractivity contribution in [1.29, 1.82) is 0 Å². The van der Waals surface area contributed by atoms with Crippen LogP contribution in [0, 0.1) is 10.1 Å². The Kier molecular flexibility index (Phi) is 7.65. The highest BCUT2D eigenvalue weighted by atomic mass is 35.5. The quantitative estimate of drug-likeness (QED) is 0.169. The molecule has 0 saturated carbocycles. The van der Waals surface area contributed by atoms with Crippen molar-refractivity contribution >= 4 is 46.3 Å². The maximum Gasteiger partial charge on any atom is 0.416 e. The summed E-state index contributed by atoms with van der Waals surface area (Å²) in [6.07, 6.45) is -3.31. The van der Waals surface area contributed by atoms with E-state index in [4.69, 9.17) is 21.1 Å². The summed E-state index contributed by atoms with van der Waals surface area (Å²) in [5, 5.41) is 11.3. The van der Waals surface area contributed by atoms with Crippen LogP contribution in [0.2, 0.25) is 5.02 Å². The van der Waals surface area contributed by atoms with Gasteiger partial charge in [0.25, 0.3) is 11.1 Å². The average Bonchev–Trinajstić information content (AvgIpc) is 3.12. The maximum absolute atomic E-state index is 13.0. The number of thioether (sulfide) groups is 1. The van der Waals surface area contributed by atoms with Crippen LogP contribution in [0.15, 0.2) is 65.6 Å². The Hall–Kier alpha value is -4.03. The standard InChI is InChI=1S/C25H16ClF3N2O6S/c1-36-21-10-14(11-22-23(32)30(24(33)38-22)13-15-4-2-3-5-17(15)26)6-8-20(21)37-19-9-7-16(25(27,28)29)12-18(19)31(34)35/h2-12H,13H2,1H3/b22-11-. The number of nitro benzene ring substituents is 1. The van der Waals surface area contributed by atoms with Crippen LogP contribution in [0.3, 0.4) is 0 Å². The number of nitro groups is 1. The lowest BCUT2D eigenvalue weighted by Crippen LogP contribution is -2.27. The number of carbonyl (C=O) groups excluding carboxylic acids is 2. The second-order valence-electron chi connectivity index (χ2n) is 7.81. The van der Waals surface area contributed by atoms with Gasteiger partial charge in [-0.2, -0.15) is 13.2 Å². The number of halogens is 4. The summed E-state index contributed by atoms with van der Waals surface area (Å²) in [7, 11) is 1.30. The smallest absolute Gasteiger partial charge is 0.416 e. The zero-order chi connectivity index (χ0) is 27.6. The van der Waals surface area contributed by atoms with Gasteiger partial charge in [0.15, 0.2) is 11.5 Å². The van der Waals surface area contributed by atoms with Gasteiger partial charge in [0.1, 0.15) is 0 Å². The first-order valence-electron chi connectivity index (χ1n) is 10.7. The average molecular weight is 565 g/mol. The van der Waals surface area contributed by atoms with Gasteiger partial charge in [0.05, 0.1) is 29.0 Å². The molecule has 0 atom stereocenters. The number of nitrogens with zero attached hydrogens (tertiary/aromatic N) is 2. The molecule has 0 unspecified atom stereocenters. The molecule has 38 heavy (non-hydrogen) atoms. The molecular weight excluding hydrogens is 549 g/mol. The minimum absolute atomic E-state index is 0.00366. The third kappa shape index (κ3) is 5.76. The number of imide groups is 1. The van der Waals surface area contributed by atoms with E-state index in [9.17, 15) is 32.9 Å². The Morgan fingerprint density at radius 2 is 1.76 bits per heavy atom. The molecule has 1 aliphatic heterocycles. The molecule has 0 spiro atoms. The fraction of sp³-hybridized carbons (Fsp3) is 0.120. The molecule has 0 aromatic heterocycles. The van der Waals surface area contributed by atoms with Crippen molar-refractivity contribution in [3.8, 4) is 17.2 Å². The zero-order valence-electron chi connectivity index (χ0n) is 19.3. The van der Waals surface area contributed by atoms with Gasteiger partial charge in [0.2, 0.25) is 5.75 Å². The van der Waals surface area contributed by atoms with Crippen LogP contribution in [-0.4, -0.2) is 28.1 Å². The number of rotatable bonds is 7. The fourth-order valence-corrected chi connectivity index (χ4v) is 4.52. The van der Waals surface area contributed by atoms with Gasteiger partial charge in [-0.15, -0.1) is 0 Å². The number of methoxy groups -OCH3 is 1. The molecule has 2 amide bonds. The van der Waals surface area contributed by atoms with E-state index in [-0.39, 0.29) is 22.9 Å². The summed E-state index contributed by atoms with van der Waals surface area (Å²) in [5.74, 6) is -0.864. The van der Waals surface area contributed by atoms with E-state index in [1.807, 2.05) is 0 Å². The molecule has 8 nitrogen and oxygen atoms in total. The third-order valence-electron chi connectivity index (χ3n) is 5.35. The highest BCUT2D eigenvalue weighted by molar-refractivity contribution is 8.18. The van der Waals surface area contributed by atoms with Crippen molar-refractivity contribution in [3.63, 3.8) is 0 Å². The minimum Gasteiger partial charge on any atom is -0.493 e. The van der Waals surface area contributed by atoms with E-state index in [0.717, 1.165) is 22.7 Å². The lowest BCUT2D eigenvalue weighted by atomic mass is 10.1. The normalized spacial score (nSPS) is 14.8. The van der Waals surface area contributed by atoms with E-state index in [2.05, 4.69) is 0 Å². The van der Waals surface area contributed by atoms with E-state index < -0.39 is 39.2 Å². The predicted octanol–water partition coefficient (Wildman–Crippen LogP) is 7.30. The molecule has 0 aliphatic carbocycles. The Morgan fingerprint density at radius 3 is 2.42 bits per heavy atom. The topological polar surface area (TPSA) is 99.0 Å². The number of hydrogen-bond donors (Lipinski definition) is 0. The Morgan fingerprint density at radius 1 is 1.05 bits per heavy atom. The summed E-state index contributed by atoms with van der Waals surface area (Å²) in [5.41, 5.74) is -1.02. The van der Waals surface area contributed by atoms with Gasteiger partial charge in [-0.1, -0.05) is 35.9 Å². The number of alkyl halides is 3. The minimum atomic E-state index is -4.77. The van der Waals surface area contributed by atoms with Gasteiger partial charge < -0.3 is 9.47 Å². The van der Waals surface area contributed by atoms with Crippen LogP contribution in [0.5, 0.6) is 17.2 Å². The fourth-order valence-electron chi connectivity index (χ4n) is 3.48. The molecule has 0 radical (unpaired) electrons. The molecular formula is C25H16ClF3N2O6S. The molecule has 13 heteroatoms. The highest BCUT2D eigenvalue weighted by Crippen LogP contribution is 2.41. The van der Waals surface area contributed by atoms with Crippen LogP contribution >= 0.6 is 23.4 Å². The largest absolute Gasteiger partial charge is 0.493 e. The molecule has 196 valence electrons. The third-order valence-corrected chi connectivity index (χ3v) is 6.62. The SMILES string of the molecule is COc1cc(/C=C2\SC(=O)N(Cc3ccccc3Cl)C2=O)ccc1Oc1ccc(C(F)(F)F)cc1[N+](=O)[O-]. The molecule has 3 aromatic carbocycles. The summed E-state index contributed by atoms with van der Waals surface area (Å²) in [4.78, 5) is 36.9. The van der Waals surface area contributed by atoms with Crippen molar-refractivity contribution in [2.24, 2.45) is 0 Å². The molecule has 1 heterocycles. The van der Waals surface area contributed by atoms with Gasteiger partial charge >= 0.3 is 11.9 Å². The number of benzene rings is 3.